The summed E-state index contributed by atoms with van der Waals surface area (Å²) in [4.78, 5) is 11.1. The van der Waals surface area contributed by atoms with E-state index in [1.807, 2.05) is 0 Å². The summed E-state index contributed by atoms with van der Waals surface area (Å²) in [6, 6.07) is 8.80. The zero-order valence-corrected chi connectivity index (χ0v) is 10.5. The van der Waals surface area contributed by atoms with Gasteiger partial charge in [-0.25, -0.2) is 9.18 Å². The van der Waals surface area contributed by atoms with Crippen LogP contribution in [0.4, 0.5) is 4.39 Å². The molecule has 2 nitrogen and oxygen atoms in total. The summed E-state index contributed by atoms with van der Waals surface area (Å²) < 4.78 is 13.6. The number of benzene rings is 2. The third-order valence-corrected chi connectivity index (χ3v) is 3.29. The maximum atomic E-state index is 13.6. The van der Waals surface area contributed by atoms with Gasteiger partial charge in [-0.1, -0.05) is 47.5 Å². The molecule has 0 fully saturated rings. The Labute approximate surface area is 113 Å². The molecular formula is C13H7Cl2FO2. The lowest BCUT2D eigenvalue weighted by Gasteiger charge is -2.09. The summed E-state index contributed by atoms with van der Waals surface area (Å²) in [6.45, 7) is 0. The fraction of sp³-hybridized carbons (Fsp3) is 0. The first-order valence-electron chi connectivity index (χ1n) is 4.98. The van der Waals surface area contributed by atoms with Crippen molar-refractivity contribution in [3.8, 4) is 11.1 Å². The second-order valence-electron chi connectivity index (χ2n) is 3.57. The number of hydrogen-bond donors (Lipinski definition) is 1. The Bertz CT molecular complexity index is 626. The predicted molar refractivity (Wildman–Crippen MR) is 68.8 cm³/mol. The van der Waals surface area contributed by atoms with Gasteiger partial charge in [0.1, 0.15) is 11.4 Å². The van der Waals surface area contributed by atoms with Gasteiger partial charge in [-0.15, -0.1) is 0 Å². The second-order valence-corrected chi connectivity index (χ2v) is 4.35. The molecule has 1 N–H and O–H groups in total. The number of carboxylic acids is 1. The molecule has 0 saturated carbocycles. The summed E-state index contributed by atoms with van der Waals surface area (Å²) >= 11 is 11.9. The molecular weight excluding hydrogens is 278 g/mol. The zero-order valence-electron chi connectivity index (χ0n) is 8.95. The molecule has 5 heteroatoms. The maximum Gasteiger partial charge on any atom is 0.339 e. The van der Waals surface area contributed by atoms with Gasteiger partial charge in [0.2, 0.25) is 0 Å². The van der Waals surface area contributed by atoms with E-state index >= 15 is 0 Å². The molecule has 2 aromatic rings. The molecule has 18 heavy (non-hydrogen) atoms. The molecule has 0 aliphatic carbocycles. The van der Waals surface area contributed by atoms with Crippen LogP contribution < -0.4 is 0 Å². The van der Waals surface area contributed by atoms with Crippen LogP contribution in [0.3, 0.4) is 0 Å². The van der Waals surface area contributed by atoms with Crippen molar-refractivity contribution in [1.29, 1.82) is 0 Å². The van der Waals surface area contributed by atoms with Gasteiger partial charge in [0, 0.05) is 11.1 Å². The van der Waals surface area contributed by atoms with Crippen molar-refractivity contribution in [2.45, 2.75) is 0 Å². The highest BCUT2D eigenvalue weighted by Crippen LogP contribution is 2.35. The van der Waals surface area contributed by atoms with Crippen LogP contribution in [0.25, 0.3) is 11.1 Å². The van der Waals surface area contributed by atoms with Gasteiger partial charge in [-0.05, 0) is 12.1 Å². The lowest BCUT2D eigenvalue weighted by atomic mass is 9.99. The maximum absolute atomic E-state index is 13.6. The molecule has 0 spiro atoms. The van der Waals surface area contributed by atoms with Crippen molar-refractivity contribution >= 4 is 29.2 Å². The minimum Gasteiger partial charge on any atom is -0.478 e. The number of carboxylic acid groups (broad SMARTS) is 1. The van der Waals surface area contributed by atoms with Crippen molar-refractivity contribution in [2.75, 3.05) is 0 Å². The highest BCUT2D eigenvalue weighted by atomic mass is 35.5. The van der Waals surface area contributed by atoms with Gasteiger partial charge >= 0.3 is 5.97 Å². The molecule has 0 atom stereocenters. The average Bonchev–Trinajstić information content (AvgIpc) is 2.32. The Balaban J connectivity index is 2.75. The largest absolute Gasteiger partial charge is 0.478 e. The van der Waals surface area contributed by atoms with Crippen LogP contribution >= 0.6 is 23.2 Å². The van der Waals surface area contributed by atoms with Gasteiger partial charge in [-0.2, -0.15) is 0 Å². The smallest absolute Gasteiger partial charge is 0.339 e. The minimum atomic E-state index is -1.35. The van der Waals surface area contributed by atoms with Crippen LogP contribution in [0.15, 0.2) is 36.4 Å². The summed E-state index contributed by atoms with van der Waals surface area (Å²) in [5.41, 5.74) is 0.178. The topological polar surface area (TPSA) is 37.3 Å². The molecule has 2 rings (SSSR count). The molecule has 0 aromatic heterocycles. The first-order valence-corrected chi connectivity index (χ1v) is 5.74. The number of hydrogen-bond acceptors (Lipinski definition) is 1. The predicted octanol–water partition coefficient (Wildman–Crippen LogP) is 4.50. The summed E-state index contributed by atoms with van der Waals surface area (Å²) in [5, 5.41) is 9.54. The fourth-order valence-electron chi connectivity index (χ4n) is 1.68. The van der Waals surface area contributed by atoms with E-state index in [1.165, 1.54) is 12.1 Å². The van der Waals surface area contributed by atoms with Gasteiger partial charge in [-0.3, -0.25) is 0 Å². The molecule has 0 amide bonds. The van der Waals surface area contributed by atoms with E-state index in [4.69, 9.17) is 28.3 Å². The van der Waals surface area contributed by atoms with E-state index in [2.05, 4.69) is 0 Å². The Morgan fingerprint density at radius 1 is 1.06 bits per heavy atom. The van der Waals surface area contributed by atoms with E-state index in [1.54, 1.807) is 18.2 Å². The lowest BCUT2D eigenvalue weighted by molar-refractivity contribution is 0.0693. The Morgan fingerprint density at radius 2 is 1.67 bits per heavy atom. The van der Waals surface area contributed by atoms with E-state index in [-0.39, 0.29) is 15.6 Å². The van der Waals surface area contributed by atoms with Gasteiger partial charge in [0.25, 0.3) is 0 Å². The molecule has 0 radical (unpaired) electrons. The van der Waals surface area contributed by atoms with Crippen LogP contribution in [0.5, 0.6) is 0 Å². The number of rotatable bonds is 2. The molecule has 0 heterocycles. The van der Waals surface area contributed by atoms with Gasteiger partial charge in [0.05, 0.1) is 10.0 Å². The second kappa shape index (κ2) is 4.96. The molecule has 0 aliphatic heterocycles. The third kappa shape index (κ3) is 2.19. The summed E-state index contributed by atoms with van der Waals surface area (Å²) in [5.74, 6) is -2.16. The van der Waals surface area contributed by atoms with Crippen molar-refractivity contribution in [3.05, 3.63) is 57.8 Å². The number of carbonyl (C=O) groups is 1. The third-order valence-electron chi connectivity index (χ3n) is 2.47. The monoisotopic (exact) mass is 284 g/mol. The standard InChI is InChI=1S/C13H7Cl2FO2/c14-9-5-1-4-8(12(9)15)7-3-2-6-10(16)11(7)13(17)18/h1-6H,(H,17,18). The molecule has 0 bridgehead atoms. The van der Waals surface area contributed by atoms with Crippen molar-refractivity contribution in [1.82, 2.24) is 0 Å². The van der Waals surface area contributed by atoms with Crippen molar-refractivity contribution in [3.63, 3.8) is 0 Å². The van der Waals surface area contributed by atoms with E-state index < -0.39 is 17.3 Å². The molecule has 2 aromatic carbocycles. The zero-order chi connectivity index (χ0) is 13.3. The van der Waals surface area contributed by atoms with Crippen LogP contribution in [0, 0.1) is 5.82 Å². The lowest BCUT2D eigenvalue weighted by Crippen LogP contribution is -2.03. The normalized spacial score (nSPS) is 10.4. The van der Waals surface area contributed by atoms with E-state index in [9.17, 15) is 9.18 Å². The molecule has 92 valence electrons. The van der Waals surface area contributed by atoms with E-state index in [0.717, 1.165) is 6.07 Å². The van der Waals surface area contributed by atoms with Crippen LogP contribution in [-0.4, -0.2) is 11.1 Å². The number of halogens is 3. The van der Waals surface area contributed by atoms with E-state index in [0.29, 0.717) is 5.56 Å². The van der Waals surface area contributed by atoms with Crippen molar-refractivity contribution in [2.24, 2.45) is 0 Å². The Morgan fingerprint density at radius 3 is 2.33 bits per heavy atom. The highest BCUT2D eigenvalue weighted by Gasteiger charge is 2.19. The first-order chi connectivity index (χ1) is 8.52. The Kier molecular flexibility index (Phi) is 3.55. The van der Waals surface area contributed by atoms with Gasteiger partial charge < -0.3 is 5.11 Å². The Hall–Kier alpha value is -1.58. The molecule has 0 aliphatic rings. The summed E-state index contributed by atoms with van der Waals surface area (Å²) in [6.07, 6.45) is 0. The SMILES string of the molecule is O=C(O)c1c(F)cccc1-c1cccc(Cl)c1Cl. The van der Waals surface area contributed by atoms with Crippen molar-refractivity contribution < 1.29 is 14.3 Å². The molecule has 0 unspecified atom stereocenters. The summed E-state index contributed by atoms with van der Waals surface area (Å²) in [7, 11) is 0. The number of aromatic carboxylic acids is 1. The van der Waals surface area contributed by atoms with Crippen LogP contribution in [0.1, 0.15) is 10.4 Å². The molecule has 0 saturated heterocycles. The minimum absolute atomic E-state index is 0.201. The first kappa shape index (κ1) is 12.9. The van der Waals surface area contributed by atoms with Crippen LogP contribution in [-0.2, 0) is 0 Å². The fourth-order valence-corrected chi connectivity index (χ4v) is 2.08. The van der Waals surface area contributed by atoms with Crippen LogP contribution in [0.2, 0.25) is 10.0 Å². The van der Waals surface area contributed by atoms with Gasteiger partial charge in [0.15, 0.2) is 0 Å². The quantitative estimate of drug-likeness (QED) is 0.882. The highest BCUT2D eigenvalue weighted by molar-refractivity contribution is 6.43. The average molecular weight is 285 g/mol.